The van der Waals surface area contributed by atoms with E-state index in [1.165, 1.54) is 161 Å². The number of esters is 1. The molecule has 458 valence electrons. The lowest BCUT2D eigenvalue weighted by atomic mass is 10.0. The van der Waals surface area contributed by atoms with Crippen molar-refractivity contribution in [3.05, 3.63) is 85.1 Å². The van der Waals surface area contributed by atoms with E-state index in [2.05, 4.69) is 99.0 Å². The molecule has 0 saturated heterocycles. The lowest BCUT2D eigenvalue weighted by molar-refractivity contribution is -0.870. The summed E-state index contributed by atoms with van der Waals surface area (Å²) in [7, 11) is 1.16. The molecule has 1 amide bonds. The van der Waals surface area contributed by atoms with Crippen molar-refractivity contribution < 1.29 is 37.3 Å². The number of quaternary nitrogens is 1. The highest BCUT2D eigenvalue weighted by atomic mass is 31.2. The molecular weight excluding hydrogens is 1000 g/mol. The zero-order valence-corrected chi connectivity index (χ0v) is 53.2. The predicted octanol–water partition coefficient (Wildman–Crippen LogP) is 19.9. The van der Waals surface area contributed by atoms with Crippen LogP contribution in [0.1, 0.15) is 290 Å². The Hall–Kier alpha value is -2.81. The van der Waals surface area contributed by atoms with E-state index in [-0.39, 0.29) is 24.9 Å². The lowest BCUT2D eigenvalue weighted by Gasteiger charge is -2.30. The van der Waals surface area contributed by atoms with Crippen molar-refractivity contribution in [1.29, 1.82) is 0 Å². The maximum atomic E-state index is 13.6. The Labute approximate surface area is 488 Å². The van der Waals surface area contributed by atoms with E-state index in [0.29, 0.717) is 23.9 Å². The highest BCUT2D eigenvalue weighted by Crippen LogP contribution is 2.38. The van der Waals surface area contributed by atoms with Crippen LogP contribution in [0.25, 0.3) is 0 Å². The molecule has 10 heteroatoms. The molecule has 0 bridgehead atoms. The second-order valence-corrected chi connectivity index (χ2v) is 24.6. The van der Waals surface area contributed by atoms with Gasteiger partial charge in [-0.1, -0.05) is 260 Å². The molecule has 3 unspecified atom stereocenters. The Morgan fingerprint density at radius 2 is 0.810 bits per heavy atom. The van der Waals surface area contributed by atoms with Gasteiger partial charge in [-0.3, -0.25) is 14.2 Å². The van der Waals surface area contributed by atoms with Gasteiger partial charge in [0, 0.05) is 12.8 Å². The van der Waals surface area contributed by atoms with Crippen molar-refractivity contribution in [2.75, 3.05) is 40.9 Å². The minimum Gasteiger partial charge on any atom is -0.756 e. The molecule has 79 heavy (non-hydrogen) atoms. The van der Waals surface area contributed by atoms with Gasteiger partial charge in [-0.2, -0.15) is 0 Å². The van der Waals surface area contributed by atoms with Crippen LogP contribution in [0.4, 0.5) is 0 Å². The molecule has 0 aliphatic carbocycles. The number of phosphoric acid groups is 1. The van der Waals surface area contributed by atoms with Crippen LogP contribution in [-0.2, 0) is 27.9 Å². The summed E-state index contributed by atoms with van der Waals surface area (Å²) in [6.45, 7) is 6.72. The number of phosphoric ester groups is 1. The molecule has 0 radical (unpaired) electrons. The Morgan fingerprint density at radius 3 is 1.24 bits per heavy atom. The summed E-state index contributed by atoms with van der Waals surface area (Å²) in [4.78, 5) is 40.1. The average Bonchev–Trinajstić information content (AvgIpc) is 3.41. The summed E-state index contributed by atoms with van der Waals surface area (Å²) >= 11 is 0. The zero-order chi connectivity index (χ0) is 57.9. The summed E-state index contributed by atoms with van der Waals surface area (Å²) in [6, 6.07) is -0.906. The molecule has 0 saturated carbocycles. The smallest absolute Gasteiger partial charge is 0.306 e. The standard InChI is InChI=1S/C69H125N2O7P/c1-7-10-13-16-19-22-25-28-30-32-34-35-37-38-40-43-46-49-52-55-58-61-68(72)70-66(65-77-79(74,75)76-64-63-71(4,5)6)67(60-57-54-51-48-45-42-27-24-21-18-15-12-9-3)78-69(73)62-59-56-53-50-47-44-41-39-36-33-31-29-26-23-20-17-14-11-8-2/h11,14,20,23,28-31,36,39,44,47,57,60,66-67H,7-10,12-13,15-19,21-22,24-27,32-35,37-38,40-43,45-46,48-56,58-59,61-65H2,1-6H3,(H-,70,72,74,75)/b14-11-,23-20-,30-28+,31-29-,39-36-,47-44-,60-57+. The van der Waals surface area contributed by atoms with E-state index in [1.807, 2.05) is 33.3 Å². The molecule has 0 aromatic heterocycles. The molecule has 9 nitrogen and oxygen atoms in total. The van der Waals surface area contributed by atoms with Crippen LogP contribution in [-0.4, -0.2) is 69.4 Å². The van der Waals surface area contributed by atoms with E-state index in [1.54, 1.807) is 0 Å². The summed E-state index contributed by atoms with van der Waals surface area (Å²) in [5.41, 5.74) is 0. The van der Waals surface area contributed by atoms with Crippen molar-refractivity contribution in [1.82, 2.24) is 5.32 Å². The van der Waals surface area contributed by atoms with Gasteiger partial charge in [-0.05, 0) is 102 Å². The number of carbonyl (C=O) groups excluding carboxylic acids is 2. The van der Waals surface area contributed by atoms with Crippen molar-refractivity contribution in [3.63, 3.8) is 0 Å². The quantitative estimate of drug-likeness (QED) is 0.0212. The molecule has 0 spiro atoms. The van der Waals surface area contributed by atoms with Gasteiger partial charge in [0.1, 0.15) is 19.3 Å². The average molecular weight is 1130 g/mol. The third-order valence-corrected chi connectivity index (χ3v) is 15.3. The van der Waals surface area contributed by atoms with Crippen LogP contribution < -0.4 is 10.2 Å². The predicted molar refractivity (Wildman–Crippen MR) is 339 cm³/mol. The van der Waals surface area contributed by atoms with Gasteiger partial charge < -0.3 is 28.5 Å². The van der Waals surface area contributed by atoms with Crippen molar-refractivity contribution in [2.45, 2.75) is 303 Å². The number of unbranched alkanes of at least 4 members (excludes halogenated alkanes) is 31. The fraction of sp³-hybridized carbons (Fsp3) is 0.768. The minimum atomic E-state index is -4.71. The minimum absolute atomic E-state index is 0.0306. The number of nitrogens with zero attached hydrogens (tertiary/aromatic N) is 1. The summed E-state index contributed by atoms with van der Waals surface area (Å²) < 4.78 is 30.4. The van der Waals surface area contributed by atoms with E-state index < -0.39 is 26.6 Å². The van der Waals surface area contributed by atoms with Gasteiger partial charge in [0.15, 0.2) is 0 Å². The number of nitrogens with one attached hydrogen (secondary N) is 1. The van der Waals surface area contributed by atoms with E-state index in [4.69, 9.17) is 13.8 Å². The Bertz CT molecular complexity index is 1630. The first-order valence-corrected chi connectivity index (χ1v) is 34.4. The summed E-state index contributed by atoms with van der Waals surface area (Å²) in [6.07, 6.45) is 76.9. The van der Waals surface area contributed by atoms with Gasteiger partial charge in [-0.25, -0.2) is 0 Å². The van der Waals surface area contributed by atoms with Gasteiger partial charge in [0.05, 0.1) is 33.8 Å². The first kappa shape index (κ1) is 76.2. The normalized spacial score (nSPS) is 14.2. The number of ether oxygens (including phenoxy) is 1. The molecular formula is C69H125N2O7P. The first-order valence-electron chi connectivity index (χ1n) is 32.9. The van der Waals surface area contributed by atoms with Crippen molar-refractivity contribution >= 4 is 19.7 Å². The Kier molecular flexibility index (Phi) is 56.3. The van der Waals surface area contributed by atoms with Crippen LogP contribution in [0.15, 0.2) is 85.1 Å². The van der Waals surface area contributed by atoms with Gasteiger partial charge in [0.25, 0.3) is 7.82 Å². The maximum Gasteiger partial charge on any atom is 0.306 e. The molecule has 0 rings (SSSR count). The Balaban J connectivity index is 5.27. The monoisotopic (exact) mass is 1120 g/mol. The number of rotatable bonds is 59. The van der Waals surface area contributed by atoms with Crippen molar-refractivity contribution in [2.24, 2.45) is 0 Å². The number of hydrogen-bond acceptors (Lipinski definition) is 7. The zero-order valence-electron chi connectivity index (χ0n) is 52.3. The molecule has 0 aromatic rings. The number of likely N-dealkylation sites (N-methyl/N-ethyl adjacent to an activating group) is 1. The molecule has 0 fully saturated rings. The first-order chi connectivity index (χ1) is 38.4. The summed E-state index contributed by atoms with van der Waals surface area (Å²) in [5.74, 6) is -0.576. The van der Waals surface area contributed by atoms with Crippen LogP contribution in [0.2, 0.25) is 0 Å². The van der Waals surface area contributed by atoms with Gasteiger partial charge >= 0.3 is 5.97 Å². The third-order valence-electron chi connectivity index (χ3n) is 14.3. The second kappa shape index (κ2) is 58.4. The topological polar surface area (TPSA) is 114 Å². The van der Waals surface area contributed by atoms with Crippen molar-refractivity contribution in [3.8, 4) is 0 Å². The fourth-order valence-electron chi connectivity index (χ4n) is 9.25. The van der Waals surface area contributed by atoms with E-state index >= 15 is 0 Å². The molecule has 0 aliphatic rings. The largest absolute Gasteiger partial charge is 0.756 e. The second-order valence-electron chi connectivity index (χ2n) is 23.2. The van der Waals surface area contributed by atoms with Crippen LogP contribution in [0, 0.1) is 0 Å². The summed E-state index contributed by atoms with van der Waals surface area (Å²) in [5, 5.41) is 3.03. The van der Waals surface area contributed by atoms with Gasteiger partial charge in [0.2, 0.25) is 5.91 Å². The third kappa shape index (κ3) is 59.6. The molecule has 3 atom stereocenters. The molecule has 1 N–H and O–H groups in total. The van der Waals surface area contributed by atoms with Crippen LogP contribution >= 0.6 is 7.82 Å². The van der Waals surface area contributed by atoms with Gasteiger partial charge in [-0.15, -0.1) is 0 Å². The number of allylic oxidation sites excluding steroid dienone is 13. The Morgan fingerprint density at radius 1 is 0.456 bits per heavy atom. The lowest BCUT2D eigenvalue weighted by Crippen LogP contribution is -2.47. The highest BCUT2D eigenvalue weighted by molar-refractivity contribution is 7.45. The van der Waals surface area contributed by atoms with E-state index in [9.17, 15) is 19.0 Å². The maximum absolute atomic E-state index is 13.6. The SMILES string of the molecule is CC/C=C\C/C=C\C/C=C\C/C=C\C/C=C\CCCCCC(=O)OC(/C=C/CCCCCCCCCCCCC)C(COP(=O)([O-])OCC[N+](C)(C)C)NC(=O)CCCCCCCCCCCCC/C=C/CCCCCCCC. The molecule has 0 aromatic carbocycles. The van der Waals surface area contributed by atoms with E-state index in [0.717, 1.165) is 89.9 Å². The molecule has 0 aliphatic heterocycles. The number of carbonyl (C=O) groups is 2. The number of hydrogen-bond donors (Lipinski definition) is 1. The fourth-order valence-corrected chi connectivity index (χ4v) is 9.97. The highest BCUT2D eigenvalue weighted by Gasteiger charge is 2.27. The molecule has 0 heterocycles. The van der Waals surface area contributed by atoms with Crippen LogP contribution in [0.5, 0.6) is 0 Å². The number of amides is 1. The van der Waals surface area contributed by atoms with Crippen LogP contribution in [0.3, 0.4) is 0 Å².